The van der Waals surface area contributed by atoms with E-state index in [-0.39, 0.29) is 18.4 Å². The van der Waals surface area contributed by atoms with Gasteiger partial charge in [0.05, 0.1) is 6.54 Å². The zero-order valence-electron chi connectivity index (χ0n) is 15.0. The number of rotatable bonds is 5. The molecule has 0 bridgehead atoms. The molecule has 138 valence electrons. The van der Waals surface area contributed by atoms with Crippen molar-refractivity contribution < 1.29 is 4.79 Å². The summed E-state index contributed by atoms with van der Waals surface area (Å²) in [4.78, 5) is 42.1. The lowest BCUT2D eigenvalue weighted by atomic mass is 10.0. The Kier molecular flexibility index (Phi) is 5.37. The molecule has 1 amide bonds. The number of nitrogens with zero attached hydrogens (tertiary/aromatic N) is 1. The first-order valence-corrected chi connectivity index (χ1v) is 8.86. The van der Waals surface area contributed by atoms with Gasteiger partial charge in [0.1, 0.15) is 0 Å². The normalized spacial score (nSPS) is 17.6. The Labute approximate surface area is 151 Å². The number of hydrogen-bond acceptors (Lipinski definition) is 4. The number of anilines is 1. The fourth-order valence-corrected chi connectivity index (χ4v) is 3.32. The predicted molar refractivity (Wildman–Crippen MR) is 101 cm³/mol. The third-order valence-electron chi connectivity index (χ3n) is 4.70. The van der Waals surface area contributed by atoms with E-state index >= 15 is 0 Å². The number of nitrogens with one attached hydrogen (secondary N) is 3. The van der Waals surface area contributed by atoms with E-state index in [1.807, 2.05) is 29.2 Å². The minimum absolute atomic E-state index is 0.0575. The second kappa shape index (κ2) is 7.70. The van der Waals surface area contributed by atoms with Crippen LogP contribution in [-0.4, -0.2) is 40.4 Å². The smallest absolute Gasteiger partial charge is 0.325 e. The van der Waals surface area contributed by atoms with Gasteiger partial charge in [-0.25, -0.2) is 4.79 Å². The van der Waals surface area contributed by atoms with Crippen LogP contribution in [0.4, 0.5) is 5.69 Å². The van der Waals surface area contributed by atoms with Crippen LogP contribution in [0.1, 0.15) is 43.4 Å². The molecule has 2 heterocycles. The molecule has 1 aliphatic rings. The number of aromatic nitrogens is 2. The summed E-state index contributed by atoms with van der Waals surface area (Å²) in [5.41, 5.74) is 1.73. The van der Waals surface area contributed by atoms with Gasteiger partial charge >= 0.3 is 5.69 Å². The highest BCUT2D eigenvalue weighted by atomic mass is 16.2. The molecule has 1 aromatic carbocycles. The largest absolute Gasteiger partial charge is 0.325 e. The van der Waals surface area contributed by atoms with Gasteiger partial charge in [0.15, 0.2) is 0 Å². The molecular formula is C19H24N4O3. The molecule has 1 saturated heterocycles. The Morgan fingerprint density at radius 2 is 2.08 bits per heavy atom. The summed E-state index contributed by atoms with van der Waals surface area (Å²) in [5.74, 6) is 0.399. The molecule has 1 aliphatic heterocycles. The number of carbonyl (C=O) groups excluding carboxylic acids is 1. The zero-order valence-corrected chi connectivity index (χ0v) is 15.0. The van der Waals surface area contributed by atoms with Crippen molar-refractivity contribution in [3.63, 3.8) is 0 Å². The molecule has 1 aromatic heterocycles. The predicted octanol–water partition coefficient (Wildman–Crippen LogP) is 1.61. The minimum Gasteiger partial charge on any atom is -0.325 e. The number of likely N-dealkylation sites (tertiary alicyclic amines) is 1. The molecule has 0 radical (unpaired) electrons. The van der Waals surface area contributed by atoms with Crippen LogP contribution in [0.5, 0.6) is 0 Å². The Hall–Kier alpha value is -2.67. The second-order valence-electron chi connectivity index (χ2n) is 7.09. The lowest BCUT2D eigenvalue weighted by molar-refractivity contribution is -0.117. The Balaban J connectivity index is 1.58. The first-order valence-electron chi connectivity index (χ1n) is 8.86. The van der Waals surface area contributed by atoms with Crippen LogP contribution >= 0.6 is 0 Å². The van der Waals surface area contributed by atoms with Gasteiger partial charge in [-0.05, 0) is 36.6 Å². The average molecular weight is 356 g/mol. The van der Waals surface area contributed by atoms with E-state index in [1.54, 1.807) is 0 Å². The Bertz CT molecular complexity index is 872. The fraction of sp³-hybridized carbons (Fsp3) is 0.421. The van der Waals surface area contributed by atoms with E-state index < -0.39 is 11.2 Å². The zero-order chi connectivity index (χ0) is 18.7. The summed E-state index contributed by atoms with van der Waals surface area (Å²) in [6, 6.07) is 9.30. The Morgan fingerprint density at radius 1 is 1.27 bits per heavy atom. The van der Waals surface area contributed by atoms with Crippen molar-refractivity contribution >= 4 is 11.6 Å². The van der Waals surface area contributed by atoms with Crippen molar-refractivity contribution in [1.29, 1.82) is 0 Å². The lowest BCUT2D eigenvalue weighted by Crippen LogP contribution is -2.32. The second-order valence-corrected chi connectivity index (χ2v) is 7.09. The maximum Gasteiger partial charge on any atom is 0.325 e. The van der Waals surface area contributed by atoms with Gasteiger partial charge in [0.2, 0.25) is 5.91 Å². The molecule has 0 saturated carbocycles. The van der Waals surface area contributed by atoms with E-state index in [0.717, 1.165) is 18.7 Å². The van der Waals surface area contributed by atoms with Crippen molar-refractivity contribution in [1.82, 2.24) is 14.9 Å². The van der Waals surface area contributed by atoms with Crippen LogP contribution in [0.3, 0.4) is 0 Å². The van der Waals surface area contributed by atoms with E-state index in [4.69, 9.17) is 0 Å². The van der Waals surface area contributed by atoms with E-state index in [9.17, 15) is 14.4 Å². The number of carbonyl (C=O) groups is 1. The summed E-state index contributed by atoms with van der Waals surface area (Å²) in [7, 11) is 0. The molecule has 1 atom stereocenters. The molecule has 3 N–H and O–H groups in total. The quantitative estimate of drug-likeness (QED) is 0.758. The summed E-state index contributed by atoms with van der Waals surface area (Å²) >= 11 is 0. The van der Waals surface area contributed by atoms with Gasteiger partial charge in [-0.2, -0.15) is 0 Å². The van der Waals surface area contributed by atoms with Gasteiger partial charge in [0, 0.05) is 29.9 Å². The third-order valence-corrected chi connectivity index (χ3v) is 4.70. The van der Waals surface area contributed by atoms with E-state index in [2.05, 4.69) is 29.1 Å². The fourth-order valence-electron chi connectivity index (χ4n) is 3.32. The summed E-state index contributed by atoms with van der Waals surface area (Å²) in [6.07, 6.45) is 0.801. The van der Waals surface area contributed by atoms with Crippen LogP contribution in [-0.2, 0) is 4.79 Å². The molecule has 3 rings (SSSR count). The monoisotopic (exact) mass is 356 g/mol. The molecule has 7 nitrogen and oxygen atoms in total. The van der Waals surface area contributed by atoms with Crippen molar-refractivity contribution in [2.24, 2.45) is 0 Å². The van der Waals surface area contributed by atoms with Crippen LogP contribution in [0, 0.1) is 0 Å². The summed E-state index contributed by atoms with van der Waals surface area (Å²) in [5, 5.41) is 2.94. The molecular weight excluding hydrogens is 332 g/mol. The van der Waals surface area contributed by atoms with Gasteiger partial charge < -0.3 is 10.3 Å². The third kappa shape index (κ3) is 4.49. The topological polar surface area (TPSA) is 98.1 Å². The SMILES string of the molecule is CC(C)c1cccc(NC(=O)CN2CCC(c3cc(=O)[nH]c(=O)[nH]3)C2)c1. The van der Waals surface area contributed by atoms with Crippen LogP contribution in [0.25, 0.3) is 0 Å². The van der Waals surface area contributed by atoms with Gasteiger partial charge in [0.25, 0.3) is 5.56 Å². The Morgan fingerprint density at radius 3 is 2.81 bits per heavy atom. The number of benzene rings is 1. The van der Waals surface area contributed by atoms with Gasteiger partial charge in [-0.3, -0.25) is 19.5 Å². The van der Waals surface area contributed by atoms with Crippen LogP contribution in [0.15, 0.2) is 39.9 Å². The molecule has 26 heavy (non-hydrogen) atoms. The summed E-state index contributed by atoms with van der Waals surface area (Å²) < 4.78 is 0. The van der Waals surface area contributed by atoms with Crippen molar-refractivity contribution in [2.45, 2.75) is 32.1 Å². The number of aromatic amines is 2. The minimum atomic E-state index is -0.492. The highest BCUT2D eigenvalue weighted by Gasteiger charge is 2.26. The van der Waals surface area contributed by atoms with Gasteiger partial charge in [-0.15, -0.1) is 0 Å². The molecule has 1 fully saturated rings. The highest BCUT2D eigenvalue weighted by Crippen LogP contribution is 2.24. The lowest BCUT2D eigenvalue weighted by Gasteiger charge is -2.16. The molecule has 7 heteroatoms. The van der Waals surface area contributed by atoms with Crippen molar-refractivity contribution in [3.05, 3.63) is 62.4 Å². The molecule has 2 aromatic rings. The molecule has 0 aliphatic carbocycles. The van der Waals surface area contributed by atoms with Crippen LogP contribution in [0.2, 0.25) is 0 Å². The molecule has 1 unspecified atom stereocenters. The van der Waals surface area contributed by atoms with Gasteiger partial charge in [-0.1, -0.05) is 26.0 Å². The number of amides is 1. The van der Waals surface area contributed by atoms with Crippen LogP contribution < -0.4 is 16.6 Å². The molecule has 0 spiro atoms. The number of hydrogen-bond donors (Lipinski definition) is 3. The first-order chi connectivity index (χ1) is 12.4. The highest BCUT2D eigenvalue weighted by molar-refractivity contribution is 5.92. The van der Waals surface area contributed by atoms with E-state index in [1.165, 1.54) is 11.6 Å². The maximum atomic E-state index is 12.3. The number of H-pyrrole nitrogens is 2. The first kappa shape index (κ1) is 18.1. The van der Waals surface area contributed by atoms with Crippen molar-refractivity contribution in [3.8, 4) is 0 Å². The maximum absolute atomic E-state index is 12.3. The standard InChI is InChI=1S/C19H24N4O3/c1-12(2)13-4-3-5-15(8-13)20-18(25)11-23-7-6-14(10-23)16-9-17(24)22-19(26)21-16/h3-5,8-9,12,14H,6-7,10-11H2,1-2H3,(H,20,25)(H2,21,22,24,26). The average Bonchev–Trinajstić information content (AvgIpc) is 3.02. The summed E-state index contributed by atoms with van der Waals surface area (Å²) in [6.45, 7) is 5.90. The van der Waals surface area contributed by atoms with E-state index in [0.29, 0.717) is 18.2 Å². The van der Waals surface area contributed by atoms with Crippen molar-refractivity contribution in [2.75, 3.05) is 25.0 Å².